The minimum absolute atomic E-state index is 0.0217. The van der Waals surface area contributed by atoms with Gasteiger partial charge < -0.3 is 0 Å². The largest absolute Gasteiger partial charge is 0.279 e. The zero-order chi connectivity index (χ0) is 15.2. The molecule has 5 heteroatoms. The van der Waals surface area contributed by atoms with Crippen LogP contribution in [0.5, 0.6) is 0 Å². The lowest BCUT2D eigenvalue weighted by atomic mass is 9.72. The van der Waals surface area contributed by atoms with Gasteiger partial charge in [0.05, 0.1) is 11.9 Å². The Kier molecular flexibility index (Phi) is 3.48. The van der Waals surface area contributed by atoms with E-state index in [0.29, 0.717) is 17.9 Å². The number of aryl methyl sites for hydroxylation is 1. The van der Waals surface area contributed by atoms with Crippen molar-refractivity contribution in [1.29, 1.82) is 0 Å². The van der Waals surface area contributed by atoms with Gasteiger partial charge in [0.15, 0.2) is 4.83 Å². The molecule has 0 saturated heterocycles. The minimum atomic E-state index is -0.0217. The van der Waals surface area contributed by atoms with Crippen LogP contribution in [0.2, 0.25) is 0 Å². The van der Waals surface area contributed by atoms with Gasteiger partial charge in [-0.3, -0.25) is 4.79 Å². The topological polar surface area (TPSA) is 47.8 Å². The average molecular weight is 303 g/mol. The summed E-state index contributed by atoms with van der Waals surface area (Å²) in [5, 5.41) is 9.03. The summed E-state index contributed by atoms with van der Waals surface area (Å²) in [6.07, 6.45) is 4.86. The van der Waals surface area contributed by atoms with E-state index in [4.69, 9.17) is 0 Å². The summed E-state index contributed by atoms with van der Waals surface area (Å²) in [5.41, 5.74) is 1.50. The molecule has 0 unspecified atom stereocenters. The lowest BCUT2D eigenvalue weighted by molar-refractivity contribution is 0.218. The maximum atomic E-state index is 12.5. The summed E-state index contributed by atoms with van der Waals surface area (Å²) in [6, 6.07) is 0. The fourth-order valence-electron chi connectivity index (χ4n) is 3.11. The van der Waals surface area contributed by atoms with E-state index in [1.165, 1.54) is 15.1 Å². The van der Waals surface area contributed by atoms with Crippen LogP contribution in [0, 0.1) is 11.3 Å². The zero-order valence-electron chi connectivity index (χ0n) is 12.8. The second kappa shape index (κ2) is 5.05. The molecule has 112 valence electrons. The van der Waals surface area contributed by atoms with Crippen LogP contribution < -0.4 is 5.56 Å². The van der Waals surface area contributed by atoms with E-state index in [1.807, 2.05) is 0 Å². The molecule has 0 radical (unpaired) electrons. The predicted octanol–water partition coefficient (Wildman–Crippen LogP) is 3.19. The normalized spacial score (nSPS) is 18.7. The van der Waals surface area contributed by atoms with Crippen molar-refractivity contribution in [2.45, 2.75) is 46.6 Å². The monoisotopic (exact) mass is 303 g/mol. The Morgan fingerprint density at radius 1 is 1.48 bits per heavy atom. The average Bonchev–Trinajstić information content (AvgIpc) is 2.79. The van der Waals surface area contributed by atoms with Crippen molar-refractivity contribution in [3.05, 3.63) is 33.4 Å². The van der Waals surface area contributed by atoms with E-state index < -0.39 is 0 Å². The second-order valence-corrected chi connectivity index (χ2v) is 7.94. The number of rotatable bonds is 2. The summed E-state index contributed by atoms with van der Waals surface area (Å²) < 4.78 is 1.40. The molecule has 0 saturated carbocycles. The van der Waals surface area contributed by atoms with Gasteiger partial charge >= 0.3 is 0 Å². The van der Waals surface area contributed by atoms with Gasteiger partial charge in [0, 0.05) is 4.88 Å². The van der Waals surface area contributed by atoms with Gasteiger partial charge in [-0.15, -0.1) is 23.0 Å². The smallest absolute Gasteiger partial charge is 0.267 e. The summed E-state index contributed by atoms with van der Waals surface area (Å²) in [6.45, 7) is 11.0. The SMILES string of the molecule is C=CCn1nnc2sc3c(c2c1=O)CC[C@@H](C(C)(C)C)C3. The lowest BCUT2D eigenvalue weighted by Gasteiger charge is -2.33. The Morgan fingerprint density at radius 3 is 2.90 bits per heavy atom. The molecule has 4 nitrogen and oxygen atoms in total. The lowest BCUT2D eigenvalue weighted by Crippen LogP contribution is -2.27. The van der Waals surface area contributed by atoms with E-state index in [-0.39, 0.29) is 5.56 Å². The number of nitrogens with zero attached hydrogens (tertiary/aromatic N) is 3. The summed E-state index contributed by atoms with van der Waals surface area (Å²) >= 11 is 1.65. The molecule has 3 rings (SSSR count). The molecule has 2 heterocycles. The van der Waals surface area contributed by atoms with Gasteiger partial charge in [-0.05, 0) is 36.2 Å². The van der Waals surface area contributed by atoms with Crippen LogP contribution >= 0.6 is 11.3 Å². The van der Waals surface area contributed by atoms with E-state index in [0.717, 1.165) is 29.5 Å². The zero-order valence-corrected chi connectivity index (χ0v) is 13.7. The molecule has 1 atom stereocenters. The molecule has 0 aromatic carbocycles. The van der Waals surface area contributed by atoms with Crippen LogP contribution in [0.1, 0.15) is 37.6 Å². The van der Waals surface area contributed by atoms with Crippen molar-refractivity contribution in [2.24, 2.45) is 11.3 Å². The van der Waals surface area contributed by atoms with Crippen molar-refractivity contribution < 1.29 is 0 Å². The first-order valence-corrected chi connectivity index (χ1v) is 8.22. The van der Waals surface area contributed by atoms with E-state index >= 15 is 0 Å². The molecule has 0 fully saturated rings. The molecule has 0 N–H and O–H groups in total. The number of allylic oxidation sites excluding steroid dienone is 1. The summed E-state index contributed by atoms with van der Waals surface area (Å²) in [5.74, 6) is 0.668. The third-order valence-electron chi connectivity index (χ3n) is 4.47. The number of thiophene rings is 1. The third-order valence-corrected chi connectivity index (χ3v) is 5.60. The number of hydrogen-bond acceptors (Lipinski definition) is 4. The molecule has 21 heavy (non-hydrogen) atoms. The van der Waals surface area contributed by atoms with Crippen molar-refractivity contribution in [1.82, 2.24) is 15.0 Å². The highest BCUT2D eigenvalue weighted by Gasteiger charge is 2.31. The molecule has 1 aliphatic carbocycles. The van der Waals surface area contributed by atoms with E-state index in [1.54, 1.807) is 17.4 Å². The minimum Gasteiger partial charge on any atom is -0.267 e. The first-order chi connectivity index (χ1) is 9.91. The Labute approximate surface area is 128 Å². The highest BCUT2D eigenvalue weighted by Crippen LogP contribution is 2.41. The fourth-order valence-corrected chi connectivity index (χ4v) is 4.34. The number of hydrogen-bond donors (Lipinski definition) is 0. The molecule has 2 aromatic heterocycles. The van der Waals surface area contributed by atoms with Gasteiger partial charge in [0.1, 0.15) is 0 Å². The molecule has 1 aliphatic rings. The van der Waals surface area contributed by atoms with Gasteiger partial charge in [-0.2, -0.15) is 0 Å². The van der Waals surface area contributed by atoms with Crippen LogP contribution in [-0.4, -0.2) is 15.0 Å². The molecule has 2 aromatic rings. The molecule has 0 aliphatic heterocycles. The van der Waals surface area contributed by atoms with Crippen LogP contribution in [0.4, 0.5) is 0 Å². The van der Waals surface area contributed by atoms with Crippen molar-refractivity contribution >= 4 is 21.6 Å². The second-order valence-electron chi connectivity index (χ2n) is 6.86. The maximum absolute atomic E-state index is 12.5. The molecule has 0 amide bonds. The van der Waals surface area contributed by atoms with E-state index in [2.05, 4.69) is 37.7 Å². The summed E-state index contributed by atoms with van der Waals surface area (Å²) in [7, 11) is 0. The van der Waals surface area contributed by atoms with Crippen LogP contribution in [-0.2, 0) is 19.4 Å². The third kappa shape index (κ3) is 2.44. The predicted molar refractivity (Wildman–Crippen MR) is 86.8 cm³/mol. The van der Waals surface area contributed by atoms with Crippen molar-refractivity contribution in [3.8, 4) is 0 Å². The van der Waals surface area contributed by atoms with Gasteiger partial charge in [0.25, 0.3) is 5.56 Å². The highest BCUT2D eigenvalue weighted by atomic mass is 32.1. The molecule has 0 bridgehead atoms. The van der Waals surface area contributed by atoms with Gasteiger partial charge in [-0.25, -0.2) is 4.68 Å². The van der Waals surface area contributed by atoms with Crippen LogP contribution in [0.3, 0.4) is 0 Å². The first-order valence-electron chi connectivity index (χ1n) is 7.40. The Hall–Kier alpha value is -1.49. The Balaban J connectivity index is 2.10. The number of aromatic nitrogens is 3. The van der Waals surface area contributed by atoms with E-state index in [9.17, 15) is 4.79 Å². The van der Waals surface area contributed by atoms with Gasteiger partial charge in [0.2, 0.25) is 0 Å². The Morgan fingerprint density at radius 2 is 2.24 bits per heavy atom. The fraction of sp³-hybridized carbons (Fsp3) is 0.562. The maximum Gasteiger partial charge on any atom is 0.279 e. The summed E-state index contributed by atoms with van der Waals surface area (Å²) in [4.78, 5) is 14.7. The molecule has 0 spiro atoms. The molecular weight excluding hydrogens is 282 g/mol. The highest BCUT2D eigenvalue weighted by molar-refractivity contribution is 7.18. The van der Waals surface area contributed by atoms with Crippen LogP contribution in [0.25, 0.3) is 10.2 Å². The molecular formula is C16H21N3OS. The first kappa shape index (κ1) is 14.4. The quantitative estimate of drug-likeness (QED) is 0.801. The van der Waals surface area contributed by atoms with Gasteiger partial charge in [-0.1, -0.05) is 32.1 Å². The van der Waals surface area contributed by atoms with Crippen LogP contribution in [0.15, 0.2) is 17.4 Å². The Bertz CT molecular complexity index is 751. The standard InChI is InChI=1S/C16H21N3OS/c1-5-8-19-15(20)13-11-7-6-10(16(2,3)4)9-12(11)21-14(13)17-18-19/h5,10H,1,6-9H2,2-4H3/t10-/m1/s1. The number of fused-ring (bicyclic) bond motifs is 3. The van der Waals surface area contributed by atoms with Crippen molar-refractivity contribution in [3.63, 3.8) is 0 Å². The van der Waals surface area contributed by atoms with Crippen molar-refractivity contribution in [2.75, 3.05) is 0 Å².